The van der Waals surface area contributed by atoms with E-state index >= 15 is 0 Å². The Morgan fingerprint density at radius 3 is 2.48 bits per heavy atom. The molecule has 0 unspecified atom stereocenters. The van der Waals surface area contributed by atoms with Crippen molar-refractivity contribution >= 4 is 0 Å². The number of nitrogens with two attached hydrogens (primary N) is 1. The third-order valence-electron chi connectivity index (χ3n) is 5.33. The largest absolute Gasteiger partial charge is 0.399 e. The molecule has 1 aromatic carbocycles. The lowest BCUT2D eigenvalue weighted by atomic mass is 9.57. The van der Waals surface area contributed by atoms with E-state index in [1.54, 1.807) is 18.2 Å². The smallest absolute Gasteiger partial charge is 0.204 e. The minimum atomic E-state index is -1.64. The number of nitrogens with zero attached hydrogens (tertiary/aromatic N) is 3. The van der Waals surface area contributed by atoms with Gasteiger partial charge in [-0.2, -0.15) is 15.8 Å². The molecule has 0 aromatic heterocycles. The minimum Gasteiger partial charge on any atom is -0.399 e. The molecule has 124 valence electrons. The number of hydrogen-bond acceptors (Lipinski definition) is 4. The number of benzene rings is 1. The number of allylic oxidation sites excluding steroid dienone is 3. The van der Waals surface area contributed by atoms with Crippen molar-refractivity contribution in [3.63, 3.8) is 0 Å². The van der Waals surface area contributed by atoms with Crippen molar-refractivity contribution in [2.24, 2.45) is 23.0 Å². The van der Waals surface area contributed by atoms with Gasteiger partial charge in [0.1, 0.15) is 5.82 Å². The molecular formula is C20H17FN4. The van der Waals surface area contributed by atoms with Crippen LogP contribution in [0.4, 0.5) is 4.39 Å². The second-order valence-electron chi connectivity index (χ2n) is 6.75. The summed E-state index contributed by atoms with van der Waals surface area (Å²) >= 11 is 0. The van der Waals surface area contributed by atoms with Crippen LogP contribution in [0.5, 0.6) is 0 Å². The first-order valence-electron chi connectivity index (χ1n) is 8.17. The molecule has 3 rings (SSSR count). The standard InChI is InChI=1S/C20H17FN4/c1-12-6-7-16-14(8-12)18(13-4-2-3-5-17(13)21)15(9-22)19(25)20(16,10-23)11-24/h2-5,7,12,14,18H,6,8,25H2,1H3/t12-,14-,18-/m1/s1. The first kappa shape index (κ1) is 16.7. The van der Waals surface area contributed by atoms with Crippen LogP contribution >= 0.6 is 0 Å². The molecule has 2 aliphatic carbocycles. The fraction of sp³-hybridized carbons (Fsp3) is 0.350. The molecule has 25 heavy (non-hydrogen) atoms. The highest BCUT2D eigenvalue weighted by molar-refractivity contribution is 5.58. The van der Waals surface area contributed by atoms with Gasteiger partial charge in [0.2, 0.25) is 5.41 Å². The Balaban J connectivity index is 2.35. The van der Waals surface area contributed by atoms with E-state index in [-0.39, 0.29) is 17.2 Å². The van der Waals surface area contributed by atoms with Gasteiger partial charge in [-0.25, -0.2) is 4.39 Å². The van der Waals surface area contributed by atoms with E-state index < -0.39 is 17.2 Å². The molecule has 1 aromatic rings. The second kappa shape index (κ2) is 6.08. The Morgan fingerprint density at radius 1 is 1.20 bits per heavy atom. The number of fused-ring (bicyclic) bond motifs is 1. The molecule has 0 heterocycles. The lowest BCUT2D eigenvalue weighted by Crippen LogP contribution is -2.41. The summed E-state index contributed by atoms with van der Waals surface area (Å²) in [6, 6.07) is 12.4. The fourth-order valence-corrected chi connectivity index (χ4v) is 4.11. The molecule has 0 saturated heterocycles. The third-order valence-corrected chi connectivity index (χ3v) is 5.33. The van der Waals surface area contributed by atoms with Crippen LogP contribution in [0.15, 0.2) is 47.2 Å². The maximum atomic E-state index is 14.5. The van der Waals surface area contributed by atoms with Gasteiger partial charge in [0.05, 0.1) is 29.5 Å². The van der Waals surface area contributed by atoms with Crippen molar-refractivity contribution in [1.82, 2.24) is 0 Å². The quantitative estimate of drug-likeness (QED) is 0.793. The second-order valence-corrected chi connectivity index (χ2v) is 6.75. The number of nitriles is 3. The summed E-state index contributed by atoms with van der Waals surface area (Å²) in [5.41, 5.74) is 5.58. The van der Waals surface area contributed by atoms with Crippen LogP contribution in [0, 0.1) is 57.1 Å². The maximum absolute atomic E-state index is 14.5. The zero-order valence-corrected chi connectivity index (χ0v) is 13.8. The highest BCUT2D eigenvalue weighted by Gasteiger charge is 2.52. The van der Waals surface area contributed by atoms with Gasteiger partial charge in [0.15, 0.2) is 0 Å². The first-order chi connectivity index (χ1) is 12.0. The maximum Gasteiger partial charge on any atom is 0.204 e. The van der Waals surface area contributed by atoms with Crippen molar-refractivity contribution < 1.29 is 4.39 Å². The van der Waals surface area contributed by atoms with Crippen molar-refractivity contribution in [1.29, 1.82) is 15.8 Å². The van der Waals surface area contributed by atoms with Crippen LogP contribution in [0.25, 0.3) is 0 Å². The summed E-state index contributed by atoms with van der Waals surface area (Å²) in [6.07, 6.45) is 3.30. The van der Waals surface area contributed by atoms with E-state index in [9.17, 15) is 20.2 Å². The third kappa shape index (κ3) is 2.31. The highest BCUT2D eigenvalue weighted by Crippen LogP contribution is 2.55. The molecule has 0 fully saturated rings. The number of hydrogen-bond donors (Lipinski definition) is 1. The predicted octanol–water partition coefficient (Wildman–Crippen LogP) is 3.67. The molecule has 2 aliphatic rings. The Bertz CT molecular complexity index is 893. The Hall–Kier alpha value is -3.10. The Kier molecular flexibility index (Phi) is 4.07. The molecule has 4 nitrogen and oxygen atoms in total. The summed E-state index contributed by atoms with van der Waals surface area (Å²) < 4.78 is 14.5. The van der Waals surface area contributed by atoms with Crippen LogP contribution in [0.3, 0.4) is 0 Å². The zero-order chi connectivity index (χ0) is 18.2. The van der Waals surface area contributed by atoms with E-state index in [1.165, 1.54) is 6.07 Å². The molecule has 0 spiro atoms. The van der Waals surface area contributed by atoms with Crippen molar-refractivity contribution in [3.8, 4) is 18.2 Å². The summed E-state index contributed by atoms with van der Waals surface area (Å²) in [7, 11) is 0. The minimum absolute atomic E-state index is 0.0645. The Morgan fingerprint density at radius 2 is 1.88 bits per heavy atom. The van der Waals surface area contributed by atoms with Crippen LogP contribution < -0.4 is 5.73 Å². The van der Waals surface area contributed by atoms with Crippen LogP contribution in [0.1, 0.15) is 31.2 Å². The molecule has 0 aliphatic heterocycles. The molecule has 0 bridgehead atoms. The summed E-state index contributed by atoms with van der Waals surface area (Å²) in [4.78, 5) is 0. The van der Waals surface area contributed by atoms with Gasteiger partial charge < -0.3 is 5.73 Å². The van der Waals surface area contributed by atoms with Gasteiger partial charge in [-0.15, -0.1) is 0 Å². The molecule has 3 atom stereocenters. The van der Waals surface area contributed by atoms with Gasteiger partial charge in [0, 0.05) is 5.92 Å². The topological polar surface area (TPSA) is 97.4 Å². The molecule has 5 heteroatoms. The normalized spacial score (nSPS) is 27.3. The first-order valence-corrected chi connectivity index (χ1v) is 8.17. The summed E-state index contributed by atoms with van der Waals surface area (Å²) in [6.45, 7) is 2.07. The van der Waals surface area contributed by atoms with E-state index in [2.05, 4.69) is 13.0 Å². The van der Waals surface area contributed by atoms with Gasteiger partial charge in [-0.3, -0.25) is 0 Å². The SMILES string of the molecule is C[C@@H]1CC=C2[C@@H](C1)[C@@H](c1ccccc1F)C(C#N)=C(N)C2(C#N)C#N. The van der Waals surface area contributed by atoms with E-state index in [1.807, 2.05) is 18.2 Å². The molecule has 0 amide bonds. The van der Waals surface area contributed by atoms with Crippen molar-refractivity contribution in [3.05, 3.63) is 58.6 Å². The van der Waals surface area contributed by atoms with Crippen LogP contribution in [-0.4, -0.2) is 0 Å². The lowest BCUT2D eigenvalue weighted by Gasteiger charge is -2.43. The number of halogens is 1. The zero-order valence-electron chi connectivity index (χ0n) is 13.8. The molecular weight excluding hydrogens is 315 g/mol. The predicted molar refractivity (Wildman–Crippen MR) is 89.6 cm³/mol. The van der Waals surface area contributed by atoms with Gasteiger partial charge in [-0.05, 0) is 41.9 Å². The van der Waals surface area contributed by atoms with Crippen LogP contribution in [0.2, 0.25) is 0 Å². The van der Waals surface area contributed by atoms with E-state index in [0.29, 0.717) is 23.5 Å². The number of rotatable bonds is 1. The molecule has 2 N–H and O–H groups in total. The van der Waals surface area contributed by atoms with Gasteiger partial charge in [0.25, 0.3) is 0 Å². The van der Waals surface area contributed by atoms with E-state index in [4.69, 9.17) is 5.73 Å². The average molecular weight is 332 g/mol. The van der Waals surface area contributed by atoms with Gasteiger partial charge >= 0.3 is 0 Å². The lowest BCUT2D eigenvalue weighted by molar-refractivity contribution is 0.330. The van der Waals surface area contributed by atoms with Gasteiger partial charge in [-0.1, -0.05) is 31.2 Å². The Labute approximate surface area is 146 Å². The van der Waals surface area contributed by atoms with Crippen LogP contribution in [-0.2, 0) is 0 Å². The van der Waals surface area contributed by atoms with E-state index in [0.717, 1.165) is 6.42 Å². The fourth-order valence-electron chi connectivity index (χ4n) is 4.11. The summed E-state index contributed by atoms with van der Waals surface area (Å²) in [5, 5.41) is 29.2. The molecule has 0 saturated carbocycles. The monoisotopic (exact) mass is 332 g/mol. The highest BCUT2D eigenvalue weighted by atomic mass is 19.1. The average Bonchev–Trinajstić information content (AvgIpc) is 2.62. The van der Waals surface area contributed by atoms with Crippen molar-refractivity contribution in [2.75, 3.05) is 0 Å². The molecule has 0 radical (unpaired) electrons. The van der Waals surface area contributed by atoms with Crippen molar-refractivity contribution in [2.45, 2.75) is 25.7 Å². The summed E-state index contributed by atoms with van der Waals surface area (Å²) in [5.74, 6) is -0.957.